The average molecular weight is 490 g/mol. The van der Waals surface area contributed by atoms with E-state index in [0.29, 0.717) is 0 Å². The zero-order valence-corrected chi connectivity index (χ0v) is 24.6. The monoisotopic (exact) mass is 490 g/mol. The summed E-state index contributed by atoms with van der Waals surface area (Å²) in [6.07, 6.45) is 40.0. The van der Waals surface area contributed by atoms with Gasteiger partial charge in [0, 0.05) is 6.42 Å². The number of hydrogen-bond acceptors (Lipinski definition) is 0. The maximum atomic E-state index is 2.61. The molecule has 0 N–H and O–H groups in total. The Kier molecular flexibility index (Phi) is 22.9. The lowest BCUT2D eigenvalue weighted by atomic mass is 10.1. The van der Waals surface area contributed by atoms with E-state index in [9.17, 15) is 0 Å². The third kappa shape index (κ3) is 18.2. The number of rotatable bonds is 27. The van der Waals surface area contributed by atoms with E-state index in [1.807, 2.05) is 0 Å². The van der Waals surface area contributed by atoms with Crippen LogP contribution in [0.2, 0.25) is 0 Å². The minimum atomic E-state index is 1.22. The number of nitrogens with zero attached hydrogens (tertiary/aromatic N) is 2. The van der Waals surface area contributed by atoms with Crippen LogP contribution in [-0.4, -0.2) is 4.57 Å². The van der Waals surface area contributed by atoms with Gasteiger partial charge in [0.25, 0.3) is 5.82 Å². The Hall–Kier alpha value is -0.790. The van der Waals surface area contributed by atoms with Crippen LogP contribution in [-0.2, 0) is 19.5 Å². The maximum absolute atomic E-state index is 2.61. The fourth-order valence-corrected chi connectivity index (χ4v) is 5.44. The van der Waals surface area contributed by atoms with Crippen LogP contribution >= 0.6 is 0 Å². The lowest BCUT2D eigenvalue weighted by molar-refractivity contribution is -0.704. The van der Waals surface area contributed by atoms with Gasteiger partial charge in [-0.15, -0.1) is 0 Å². The highest BCUT2D eigenvalue weighted by Gasteiger charge is 2.16. The van der Waals surface area contributed by atoms with Crippen LogP contribution in [0.15, 0.2) is 12.4 Å². The summed E-state index contributed by atoms with van der Waals surface area (Å²) in [7, 11) is 0. The van der Waals surface area contributed by atoms with Gasteiger partial charge in [-0.25, -0.2) is 9.13 Å². The molecule has 0 aliphatic rings. The lowest BCUT2D eigenvalue weighted by Crippen LogP contribution is -2.37. The summed E-state index contributed by atoms with van der Waals surface area (Å²) in [5.74, 6) is 1.61. The SMILES string of the molecule is CCCCCCCCCCCCCc1n(CCCCCCCCCC)cc[n+]1CCCCCCC. The lowest BCUT2D eigenvalue weighted by Gasteiger charge is -2.07. The Morgan fingerprint density at radius 2 is 0.886 bits per heavy atom. The van der Waals surface area contributed by atoms with Gasteiger partial charge in [0.2, 0.25) is 0 Å². The van der Waals surface area contributed by atoms with Crippen molar-refractivity contribution in [3.63, 3.8) is 0 Å². The highest BCUT2D eigenvalue weighted by molar-refractivity contribution is 4.84. The normalized spacial score (nSPS) is 11.5. The molecule has 1 heterocycles. The molecule has 0 fully saturated rings. The van der Waals surface area contributed by atoms with E-state index >= 15 is 0 Å². The van der Waals surface area contributed by atoms with Crippen molar-refractivity contribution in [2.24, 2.45) is 0 Å². The van der Waals surface area contributed by atoms with Gasteiger partial charge in [0.1, 0.15) is 12.4 Å². The first-order valence-electron chi connectivity index (χ1n) is 16.4. The molecule has 1 rings (SSSR count). The molecule has 0 saturated heterocycles. The number of aryl methyl sites for hydroxylation is 2. The zero-order chi connectivity index (χ0) is 25.2. The summed E-state index contributed by atoms with van der Waals surface area (Å²) in [5, 5.41) is 0. The second-order valence-corrected chi connectivity index (χ2v) is 11.3. The molecule has 0 aromatic carbocycles. The summed E-state index contributed by atoms with van der Waals surface area (Å²) < 4.78 is 5.21. The van der Waals surface area contributed by atoms with Gasteiger partial charge in [0.05, 0.1) is 13.1 Å². The largest absolute Gasteiger partial charge is 0.256 e. The van der Waals surface area contributed by atoms with Crippen LogP contribution in [0.4, 0.5) is 0 Å². The second-order valence-electron chi connectivity index (χ2n) is 11.3. The topological polar surface area (TPSA) is 8.81 Å². The minimum Gasteiger partial charge on any atom is -0.234 e. The van der Waals surface area contributed by atoms with E-state index < -0.39 is 0 Å². The molecule has 2 nitrogen and oxygen atoms in total. The molecular formula is C33H65N2+. The van der Waals surface area contributed by atoms with Crippen molar-refractivity contribution in [3.05, 3.63) is 18.2 Å². The minimum absolute atomic E-state index is 1.22. The predicted molar refractivity (Wildman–Crippen MR) is 156 cm³/mol. The molecule has 0 spiro atoms. The van der Waals surface area contributed by atoms with Crippen molar-refractivity contribution >= 4 is 0 Å². The van der Waals surface area contributed by atoms with Crippen LogP contribution in [0.1, 0.15) is 181 Å². The Bertz CT molecular complexity index is 547. The molecular weight excluding hydrogens is 424 g/mol. The van der Waals surface area contributed by atoms with Gasteiger partial charge in [-0.1, -0.05) is 143 Å². The van der Waals surface area contributed by atoms with E-state index in [4.69, 9.17) is 0 Å². The van der Waals surface area contributed by atoms with Crippen molar-refractivity contribution in [3.8, 4) is 0 Å². The molecule has 0 unspecified atom stereocenters. The Morgan fingerprint density at radius 1 is 0.486 bits per heavy atom. The fourth-order valence-electron chi connectivity index (χ4n) is 5.44. The molecule has 0 bridgehead atoms. The van der Waals surface area contributed by atoms with E-state index in [-0.39, 0.29) is 0 Å². The van der Waals surface area contributed by atoms with Gasteiger partial charge in [-0.3, -0.25) is 0 Å². The zero-order valence-electron chi connectivity index (χ0n) is 24.6. The first-order valence-corrected chi connectivity index (χ1v) is 16.4. The molecule has 2 heteroatoms. The predicted octanol–water partition coefficient (Wildman–Crippen LogP) is 10.7. The maximum Gasteiger partial charge on any atom is 0.256 e. The summed E-state index contributed by atoms with van der Waals surface area (Å²) in [4.78, 5) is 0. The summed E-state index contributed by atoms with van der Waals surface area (Å²) in [6, 6.07) is 0. The summed E-state index contributed by atoms with van der Waals surface area (Å²) >= 11 is 0. The van der Waals surface area contributed by atoms with E-state index in [2.05, 4.69) is 42.3 Å². The van der Waals surface area contributed by atoms with Gasteiger partial charge >= 0.3 is 0 Å². The average Bonchev–Trinajstić information content (AvgIpc) is 3.25. The van der Waals surface area contributed by atoms with Crippen LogP contribution < -0.4 is 4.57 Å². The molecule has 0 aliphatic heterocycles. The third-order valence-electron chi connectivity index (χ3n) is 7.85. The Labute approximate surface area is 221 Å². The highest BCUT2D eigenvalue weighted by atomic mass is 15.1. The van der Waals surface area contributed by atoms with Crippen LogP contribution in [0.25, 0.3) is 0 Å². The van der Waals surface area contributed by atoms with E-state index in [1.165, 1.54) is 174 Å². The van der Waals surface area contributed by atoms with Crippen LogP contribution in [0, 0.1) is 0 Å². The molecule has 0 atom stereocenters. The van der Waals surface area contributed by atoms with Crippen molar-refractivity contribution < 1.29 is 4.57 Å². The van der Waals surface area contributed by atoms with E-state index in [1.54, 1.807) is 5.82 Å². The smallest absolute Gasteiger partial charge is 0.234 e. The summed E-state index contributed by atoms with van der Waals surface area (Å²) in [5.41, 5.74) is 0. The Balaban J connectivity index is 2.31. The van der Waals surface area contributed by atoms with Crippen molar-refractivity contribution in [1.82, 2.24) is 4.57 Å². The number of hydrogen-bond donors (Lipinski definition) is 0. The van der Waals surface area contributed by atoms with Crippen molar-refractivity contribution in [2.75, 3.05) is 0 Å². The summed E-state index contributed by atoms with van der Waals surface area (Å²) in [6.45, 7) is 9.38. The number of imidazole rings is 1. The van der Waals surface area contributed by atoms with Gasteiger partial charge in [-0.05, 0) is 32.1 Å². The van der Waals surface area contributed by atoms with Crippen LogP contribution in [0.3, 0.4) is 0 Å². The van der Waals surface area contributed by atoms with Gasteiger partial charge < -0.3 is 0 Å². The van der Waals surface area contributed by atoms with Crippen molar-refractivity contribution in [1.29, 1.82) is 0 Å². The molecule has 35 heavy (non-hydrogen) atoms. The molecule has 0 amide bonds. The van der Waals surface area contributed by atoms with Gasteiger partial charge in [-0.2, -0.15) is 0 Å². The fraction of sp³-hybridized carbons (Fsp3) is 0.909. The molecule has 1 aromatic heterocycles. The number of aromatic nitrogens is 2. The van der Waals surface area contributed by atoms with Crippen LogP contribution in [0.5, 0.6) is 0 Å². The van der Waals surface area contributed by atoms with Gasteiger partial charge in [0.15, 0.2) is 0 Å². The molecule has 1 aromatic rings. The quantitative estimate of drug-likeness (QED) is 0.0858. The van der Waals surface area contributed by atoms with E-state index in [0.717, 1.165) is 0 Å². The first-order chi connectivity index (χ1) is 17.3. The third-order valence-corrected chi connectivity index (χ3v) is 7.85. The molecule has 0 saturated carbocycles. The number of unbranched alkanes of at least 4 members (excludes halogenated alkanes) is 21. The Morgan fingerprint density at radius 3 is 1.37 bits per heavy atom. The molecule has 206 valence electrons. The highest BCUT2D eigenvalue weighted by Crippen LogP contribution is 2.14. The molecule has 0 aliphatic carbocycles. The standard InChI is InChI=1S/C33H65N2/c1-4-7-10-13-15-17-18-19-20-22-25-28-33-34(29-26-23-12-9-6-3)31-32-35(33)30-27-24-21-16-14-11-8-5-2/h31-32H,4-30H2,1-3H3/q+1. The molecule has 0 radical (unpaired) electrons. The second kappa shape index (κ2) is 24.9. The first kappa shape index (κ1) is 32.2. The van der Waals surface area contributed by atoms with Crippen molar-refractivity contribution in [2.45, 2.75) is 194 Å².